The summed E-state index contributed by atoms with van der Waals surface area (Å²) >= 11 is 0. The van der Waals surface area contributed by atoms with E-state index in [0.717, 1.165) is 0 Å². The minimum absolute atomic E-state index is 0.297. The second-order valence-electron chi connectivity index (χ2n) is 3.05. The standard InChI is InChI=1S/C11H14NO4P/c1-3-15-17(14,16-4-2)11-7-5-10(6-8-11)12-9-13/h5-8H,3-4H2,1-2H3. The van der Waals surface area contributed by atoms with Gasteiger partial charge in [0.05, 0.1) is 24.2 Å². The lowest BCUT2D eigenvalue weighted by Crippen LogP contribution is -2.10. The van der Waals surface area contributed by atoms with Crippen LogP contribution in [0.4, 0.5) is 5.69 Å². The summed E-state index contributed by atoms with van der Waals surface area (Å²) in [6.45, 7) is 4.09. The molecule has 0 N–H and O–H groups in total. The van der Waals surface area contributed by atoms with Crippen LogP contribution in [0.3, 0.4) is 0 Å². The maximum absolute atomic E-state index is 12.3. The van der Waals surface area contributed by atoms with Crippen molar-refractivity contribution in [2.45, 2.75) is 13.8 Å². The normalized spacial score (nSPS) is 10.9. The number of carbonyl (C=O) groups excluding carboxylic acids is 1. The molecule has 0 unspecified atom stereocenters. The van der Waals surface area contributed by atoms with Crippen LogP contribution in [0.15, 0.2) is 29.3 Å². The molecule has 6 heteroatoms. The summed E-state index contributed by atoms with van der Waals surface area (Å²) in [5.74, 6) is 0. The second-order valence-corrected chi connectivity index (χ2v) is 5.08. The third-order valence-corrected chi connectivity index (χ3v) is 4.07. The van der Waals surface area contributed by atoms with Gasteiger partial charge in [-0.3, -0.25) is 4.57 Å². The highest BCUT2D eigenvalue weighted by atomic mass is 31.2. The third-order valence-electron chi connectivity index (χ3n) is 1.94. The third kappa shape index (κ3) is 3.62. The Labute approximate surface area is 100 Å². The summed E-state index contributed by atoms with van der Waals surface area (Å²) in [4.78, 5) is 13.5. The van der Waals surface area contributed by atoms with Crippen molar-refractivity contribution in [3.63, 3.8) is 0 Å². The van der Waals surface area contributed by atoms with Crippen molar-refractivity contribution in [3.8, 4) is 0 Å². The maximum Gasteiger partial charge on any atom is 0.361 e. The number of rotatable bonds is 6. The summed E-state index contributed by atoms with van der Waals surface area (Å²) < 4.78 is 22.7. The molecule has 0 aromatic heterocycles. The van der Waals surface area contributed by atoms with Gasteiger partial charge in [0, 0.05) is 0 Å². The molecule has 17 heavy (non-hydrogen) atoms. The first-order chi connectivity index (χ1) is 8.16. The topological polar surface area (TPSA) is 65.0 Å². The predicted molar refractivity (Wildman–Crippen MR) is 64.7 cm³/mol. The number of hydrogen-bond donors (Lipinski definition) is 0. The van der Waals surface area contributed by atoms with Crippen LogP contribution in [-0.2, 0) is 18.4 Å². The van der Waals surface area contributed by atoms with E-state index in [1.54, 1.807) is 38.1 Å². The first-order valence-electron chi connectivity index (χ1n) is 5.24. The SMILES string of the molecule is CCOP(=O)(OCC)c1ccc(N=C=O)cc1. The van der Waals surface area contributed by atoms with Crippen molar-refractivity contribution in [2.75, 3.05) is 13.2 Å². The van der Waals surface area contributed by atoms with E-state index in [9.17, 15) is 9.36 Å². The highest BCUT2D eigenvalue weighted by Crippen LogP contribution is 2.46. The van der Waals surface area contributed by atoms with Gasteiger partial charge in [0.25, 0.3) is 0 Å². The monoisotopic (exact) mass is 255 g/mol. The van der Waals surface area contributed by atoms with Crippen LogP contribution in [0.25, 0.3) is 0 Å². The lowest BCUT2D eigenvalue weighted by molar-refractivity contribution is 0.230. The summed E-state index contributed by atoms with van der Waals surface area (Å²) in [6.07, 6.45) is 1.44. The Morgan fingerprint density at radius 1 is 1.18 bits per heavy atom. The Morgan fingerprint density at radius 2 is 1.71 bits per heavy atom. The zero-order valence-corrected chi connectivity index (χ0v) is 10.6. The van der Waals surface area contributed by atoms with Gasteiger partial charge in [-0.05, 0) is 38.1 Å². The van der Waals surface area contributed by atoms with Crippen LogP contribution in [-0.4, -0.2) is 19.3 Å². The molecule has 0 radical (unpaired) electrons. The smallest absolute Gasteiger partial charge is 0.305 e. The molecular weight excluding hydrogens is 241 g/mol. The lowest BCUT2D eigenvalue weighted by atomic mass is 10.3. The highest BCUT2D eigenvalue weighted by molar-refractivity contribution is 7.62. The molecule has 0 bridgehead atoms. The molecule has 0 amide bonds. The van der Waals surface area contributed by atoms with Gasteiger partial charge >= 0.3 is 7.60 Å². The van der Waals surface area contributed by atoms with Gasteiger partial charge < -0.3 is 9.05 Å². The van der Waals surface area contributed by atoms with E-state index in [1.165, 1.54) is 6.08 Å². The molecule has 5 nitrogen and oxygen atoms in total. The number of hydrogen-bond acceptors (Lipinski definition) is 5. The molecule has 0 saturated heterocycles. The van der Waals surface area contributed by atoms with Crippen molar-refractivity contribution in [1.82, 2.24) is 0 Å². The predicted octanol–water partition coefficient (Wildman–Crippen LogP) is 2.55. The molecular formula is C11H14NO4P. The zero-order chi connectivity index (χ0) is 12.7. The van der Waals surface area contributed by atoms with Gasteiger partial charge in [-0.25, -0.2) is 4.79 Å². The molecule has 0 fully saturated rings. The maximum atomic E-state index is 12.3. The van der Waals surface area contributed by atoms with Crippen molar-refractivity contribution in [2.24, 2.45) is 4.99 Å². The quantitative estimate of drug-likeness (QED) is 0.445. The molecule has 0 heterocycles. The molecule has 1 rings (SSSR count). The van der Waals surface area contributed by atoms with Crippen LogP contribution < -0.4 is 5.30 Å². The van der Waals surface area contributed by atoms with E-state index >= 15 is 0 Å². The minimum atomic E-state index is -3.25. The van der Waals surface area contributed by atoms with E-state index in [0.29, 0.717) is 24.2 Å². The van der Waals surface area contributed by atoms with Gasteiger partial charge in [-0.15, -0.1) is 0 Å². The van der Waals surface area contributed by atoms with Crippen LogP contribution in [0, 0.1) is 0 Å². The molecule has 0 atom stereocenters. The minimum Gasteiger partial charge on any atom is -0.305 e. The fraction of sp³-hybridized carbons (Fsp3) is 0.364. The van der Waals surface area contributed by atoms with E-state index in [-0.39, 0.29) is 0 Å². The van der Waals surface area contributed by atoms with Crippen LogP contribution in [0.1, 0.15) is 13.8 Å². The van der Waals surface area contributed by atoms with Gasteiger partial charge in [0.1, 0.15) is 0 Å². The fourth-order valence-corrected chi connectivity index (χ4v) is 2.86. The Hall–Kier alpha value is -1.25. The van der Waals surface area contributed by atoms with E-state index in [4.69, 9.17) is 9.05 Å². The lowest BCUT2D eigenvalue weighted by Gasteiger charge is -2.16. The summed E-state index contributed by atoms with van der Waals surface area (Å²) in [5, 5.41) is 0.450. The Bertz CT molecular complexity index is 441. The van der Waals surface area contributed by atoms with Crippen molar-refractivity contribution in [1.29, 1.82) is 0 Å². The van der Waals surface area contributed by atoms with Gasteiger partial charge in [-0.2, -0.15) is 4.99 Å². The highest BCUT2D eigenvalue weighted by Gasteiger charge is 2.26. The van der Waals surface area contributed by atoms with Crippen LogP contribution in [0.2, 0.25) is 0 Å². The Balaban J connectivity index is 3.03. The van der Waals surface area contributed by atoms with Gasteiger partial charge in [0.2, 0.25) is 6.08 Å². The number of nitrogens with zero attached hydrogens (tertiary/aromatic N) is 1. The molecule has 0 aliphatic carbocycles. The van der Waals surface area contributed by atoms with E-state index in [2.05, 4.69) is 4.99 Å². The molecule has 0 aliphatic rings. The Kier molecular flexibility index (Phi) is 5.26. The van der Waals surface area contributed by atoms with Crippen LogP contribution >= 0.6 is 7.60 Å². The largest absolute Gasteiger partial charge is 0.361 e. The molecule has 0 saturated carbocycles. The summed E-state index contributed by atoms with van der Waals surface area (Å²) in [7, 11) is -3.25. The molecule has 0 spiro atoms. The Morgan fingerprint density at radius 3 is 2.12 bits per heavy atom. The summed E-state index contributed by atoms with van der Waals surface area (Å²) in [5.41, 5.74) is 0.447. The number of aliphatic imine (C=N–C) groups is 1. The fourth-order valence-electron chi connectivity index (χ4n) is 1.29. The van der Waals surface area contributed by atoms with Crippen molar-refractivity contribution >= 4 is 24.7 Å². The molecule has 1 aromatic rings. The van der Waals surface area contributed by atoms with E-state index < -0.39 is 7.60 Å². The van der Waals surface area contributed by atoms with E-state index in [1.807, 2.05) is 0 Å². The first kappa shape index (κ1) is 13.8. The average molecular weight is 255 g/mol. The number of isocyanates is 1. The van der Waals surface area contributed by atoms with Crippen LogP contribution in [0.5, 0.6) is 0 Å². The summed E-state index contributed by atoms with van der Waals surface area (Å²) in [6, 6.07) is 6.26. The number of benzene rings is 1. The second kappa shape index (κ2) is 6.48. The molecule has 92 valence electrons. The zero-order valence-electron chi connectivity index (χ0n) is 9.75. The van der Waals surface area contributed by atoms with Gasteiger partial charge in [-0.1, -0.05) is 0 Å². The average Bonchev–Trinajstić information content (AvgIpc) is 2.31. The molecule has 0 aliphatic heterocycles. The first-order valence-corrected chi connectivity index (χ1v) is 6.78. The van der Waals surface area contributed by atoms with Crippen molar-refractivity contribution in [3.05, 3.63) is 24.3 Å². The van der Waals surface area contributed by atoms with Gasteiger partial charge in [0.15, 0.2) is 0 Å². The van der Waals surface area contributed by atoms with Crippen molar-refractivity contribution < 1.29 is 18.4 Å². The molecule has 1 aromatic carbocycles.